The number of imide groups is 1. The second-order valence-electron chi connectivity index (χ2n) is 18.4. The molecule has 1 aromatic heterocycles. The standard InChI is InChI=1S/C48H55F4N7O4/c1-28-18-37-35-7-3-4-8-40(35)53-45(37)46(59(28)26-42(51)52)44-38(49)21-34(22-39(44)50)57-16-11-29(12-17-57)23-56-14-5-6-33(13-15-56)58-24-30-19-32(27-60)36(20-31(30)25-58)48(63)55(2)41-9-10-43(61)54-47(41)62/h3-4,7-8,19-22,27-29,33,41-42,46,53H,5-6,9-18,23-26H2,1-2H3,(H,54,61,62)/t28-,33?,41?,46-/m1/s1. The first-order valence-corrected chi connectivity index (χ1v) is 22.4. The maximum atomic E-state index is 16.3. The third kappa shape index (κ3) is 8.51. The molecule has 11 nitrogen and oxygen atoms in total. The quantitative estimate of drug-likeness (QED) is 0.102. The summed E-state index contributed by atoms with van der Waals surface area (Å²) in [6, 6.07) is 12.2. The molecule has 4 atom stereocenters. The van der Waals surface area contributed by atoms with Gasteiger partial charge in [0, 0.05) is 91.7 Å². The van der Waals surface area contributed by atoms with Gasteiger partial charge < -0.3 is 19.7 Å². The van der Waals surface area contributed by atoms with E-state index in [1.54, 1.807) is 12.1 Å². The molecule has 5 aliphatic heterocycles. The topological polar surface area (TPSA) is 112 Å². The number of amides is 3. The molecule has 3 aromatic carbocycles. The Kier molecular flexibility index (Phi) is 12.2. The van der Waals surface area contributed by atoms with Gasteiger partial charge in [0.2, 0.25) is 11.8 Å². The summed E-state index contributed by atoms with van der Waals surface area (Å²) in [7, 11) is 1.53. The van der Waals surface area contributed by atoms with Crippen LogP contribution in [0.25, 0.3) is 10.9 Å². The molecule has 3 saturated heterocycles. The van der Waals surface area contributed by atoms with Gasteiger partial charge in [0.15, 0.2) is 6.29 Å². The third-order valence-corrected chi connectivity index (χ3v) is 14.5. The minimum absolute atomic E-state index is 0.150. The molecule has 4 aromatic rings. The van der Waals surface area contributed by atoms with Gasteiger partial charge in [0.1, 0.15) is 17.7 Å². The number of hydrogen-bond donors (Lipinski definition) is 2. The minimum Gasteiger partial charge on any atom is -0.371 e. The molecule has 9 rings (SSSR count). The van der Waals surface area contributed by atoms with Gasteiger partial charge >= 0.3 is 0 Å². The number of para-hydroxylation sites is 1. The van der Waals surface area contributed by atoms with Crippen molar-refractivity contribution in [1.82, 2.24) is 29.9 Å². The summed E-state index contributed by atoms with van der Waals surface area (Å²) in [5, 5.41) is 3.24. The number of likely N-dealkylation sites (tertiary alicyclic amines) is 1. The summed E-state index contributed by atoms with van der Waals surface area (Å²) < 4.78 is 60.5. The zero-order valence-corrected chi connectivity index (χ0v) is 35.9. The van der Waals surface area contributed by atoms with E-state index < -0.39 is 48.5 Å². The average Bonchev–Trinajstić information content (AvgIpc) is 3.76. The molecule has 63 heavy (non-hydrogen) atoms. The molecule has 3 fully saturated rings. The predicted octanol–water partition coefficient (Wildman–Crippen LogP) is 6.82. The molecule has 15 heteroatoms. The van der Waals surface area contributed by atoms with Crippen molar-refractivity contribution >= 4 is 40.6 Å². The van der Waals surface area contributed by atoms with Crippen molar-refractivity contribution in [3.63, 3.8) is 0 Å². The number of carbonyl (C=O) groups excluding carboxylic acids is 4. The number of alkyl halides is 2. The van der Waals surface area contributed by atoms with Gasteiger partial charge in [0.25, 0.3) is 12.3 Å². The lowest BCUT2D eigenvalue weighted by Crippen LogP contribution is -2.53. The van der Waals surface area contributed by atoms with Gasteiger partial charge in [-0.1, -0.05) is 18.2 Å². The van der Waals surface area contributed by atoms with Crippen LogP contribution in [0.15, 0.2) is 48.5 Å². The highest BCUT2D eigenvalue weighted by molar-refractivity contribution is 6.06. The van der Waals surface area contributed by atoms with E-state index in [4.69, 9.17) is 0 Å². The van der Waals surface area contributed by atoms with Crippen molar-refractivity contribution in [3.05, 3.63) is 99.2 Å². The van der Waals surface area contributed by atoms with E-state index in [0.29, 0.717) is 67.8 Å². The number of anilines is 1. The molecule has 2 unspecified atom stereocenters. The first-order chi connectivity index (χ1) is 30.4. The molecule has 2 N–H and O–H groups in total. The highest BCUT2D eigenvalue weighted by Gasteiger charge is 2.41. The summed E-state index contributed by atoms with van der Waals surface area (Å²) in [5.41, 5.74) is 5.15. The maximum absolute atomic E-state index is 16.3. The fraction of sp³-hybridized carbons (Fsp3) is 0.500. The van der Waals surface area contributed by atoms with Crippen molar-refractivity contribution in [2.45, 2.75) is 102 Å². The molecule has 5 aliphatic rings. The van der Waals surface area contributed by atoms with E-state index in [-0.39, 0.29) is 35.9 Å². The highest BCUT2D eigenvalue weighted by Crippen LogP contribution is 2.44. The molecule has 0 spiro atoms. The van der Waals surface area contributed by atoms with Crippen LogP contribution in [-0.4, -0.2) is 119 Å². The van der Waals surface area contributed by atoms with E-state index in [2.05, 4.69) is 20.1 Å². The number of nitrogens with one attached hydrogen (secondary N) is 2. The van der Waals surface area contributed by atoms with Crippen LogP contribution >= 0.6 is 0 Å². The second-order valence-corrected chi connectivity index (χ2v) is 18.4. The fourth-order valence-corrected chi connectivity index (χ4v) is 11.1. The molecule has 334 valence electrons. The molecule has 0 aliphatic carbocycles. The molecule has 0 saturated carbocycles. The Morgan fingerprint density at radius 1 is 0.937 bits per heavy atom. The van der Waals surface area contributed by atoms with Crippen LogP contribution < -0.4 is 10.2 Å². The van der Waals surface area contributed by atoms with Crippen molar-refractivity contribution in [2.24, 2.45) is 5.92 Å². The molecule has 3 amide bonds. The van der Waals surface area contributed by atoms with Crippen molar-refractivity contribution in [3.8, 4) is 0 Å². The Hall–Kier alpha value is -5.12. The van der Waals surface area contributed by atoms with Crippen LogP contribution in [0.1, 0.15) is 107 Å². The molecular formula is C48H55F4N7O4. The summed E-state index contributed by atoms with van der Waals surface area (Å²) in [4.78, 5) is 63.1. The lowest BCUT2D eigenvalue weighted by Gasteiger charge is -2.41. The van der Waals surface area contributed by atoms with Gasteiger partial charge in [-0.25, -0.2) is 17.6 Å². The Morgan fingerprint density at radius 3 is 2.38 bits per heavy atom. The van der Waals surface area contributed by atoms with Crippen LogP contribution in [0, 0.1) is 17.6 Å². The van der Waals surface area contributed by atoms with Gasteiger partial charge in [-0.2, -0.15) is 0 Å². The number of piperidine rings is 2. The normalized spacial score (nSPS) is 24.1. The third-order valence-electron chi connectivity index (χ3n) is 14.5. The Balaban J connectivity index is 0.808. The van der Waals surface area contributed by atoms with Crippen LogP contribution in [-0.2, 0) is 29.1 Å². The number of carbonyl (C=O) groups is 4. The number of nitrogens with zero attached hydrogens (tertiary/aromatic N) is 5. The summed E-state index contributed by atoms with van der Waals surface area (Å²) in [6.45, 7) is 6.79. The van der Waals surface area contributed by atoms with E-state index >= 15 is 8.78 Å². The van der Waals surface area contributed by atoms with Gasteiger partial charge in [0.05, 0.1) is 18.2 Å². The smallest absolute Gasteiger partial charge is 0.255 e. The lowest BCUT2D eigenvalue weighted by atomic mass is 9.88. The zero-order chi connectivity index (χ0) is 44.1. The molecule has 0 bridgehead atoms. The molecular weight excluding hydrogens is 815 g/mol. The van der Waals surface area contributed by atoms with Gasteiger partial charge in [-0.3, -0.25) is 34.3 Å². The van der Waals surface area contributed by atoms with Crippen molar-refractivity contribution < 1.29 is 36.7 Å². The number of aldehydes is 1. The molecule has 6 heterocycles. The highest BCUT2D eigenvalue weighted by atomic mass is 19.3. The lowest BCUT2D eigenvalue weighted by molar-refractivity contribution is -0.136. The number of fused-ring (bicyclic) bond motifs is 4. The Labute approximate surface area is 364 Å². The second kappa shape index (κ2) is 17.8. The number of rotatable bonds is 10. The van der Waals surface area contributed by atoms with Crippen LogP contribution in [0.2, 0.25) is 0 Å². The number of halogens is 4. The molecule has 0 radical (unpaired) electrons. The minimum atomic E-state index is -2.66. The number of aromatic amines is 1. The van der Waals surface area contributed by atoms with Gasteiger partial charge in [-0.05, 0) is 118 Å². The van der Waals surface area contributed by atoms with E-state index in [9.17, 15) is 28.0 Å². The number of likely N-dealkylation sites (N-methyl/N-ethyl adjacent to an activating group) is 1. The first-order valence-electron chi connectivity index (χ1n) is 22.4. The predicted molar refractivity (Wildman–Crippen MR) is 231 cm³/mol. The van der Waals surface area contributed by atoms with Crippen molar-refractivity contribution in [1.29, 1.82) is 0 Å². The number of H-pyrrole nitrogens is 1. The summed E-state index contributed by atoms with van der Waals surface area (Å²) in [6.07, 6.45) is 3.73. The first kappa shape index (κ1) is 43.1. The van der Waals surface area contributed by atoms with Crippen LogP contribution in [0.3, 0.4) is 0 Å². The van der Waals surface area contributed by atoms with E-state index in [1.807, 2.05) is 36.1 Å². The van der Waals surface area contributed by atoms with Crippen LogP contribution in [0.5, 0.6) is 0 Å². The summed E-state index contributed by atoms with van der Waals surface area (Å²) >= 11 is 0. The number of aromatic nitrogens is 1. The van der Waals surface area contributed by atoms with E-state index in [1.165, 1.54) is 29.0 Å². The number of hydrogen-bond acceptors (Lipinski definition) is 8. The SMILES string of the molecule is C[C@@H]1Cc2c([nH]c3ccccc23)[C@@H](c2c(F)cc(N3CCC(CN4CCCC(N5Cc6cc(C=O)c(C(=O)N(C)C7CCC(=O)NC7=O)cc6C5)CC4)CC3)cc2F)N1CC(F)F. The van der Waals surface area contributed by atoms with Crippen molar-refractivity contribution in [2.75, 3.05) is 51.2 Å². The summed E-state index contributed by atoms with van der Waals surface area (Å²) in [5.74, 6) is -2.31. The average molecular weight is 870 g/mol. The van der Waals surface area contributed by atoms with Gasteiger partial charge in [-0.15, -0.1) is 0 Å². The Morgan fingerprint density at radius 2 is 1.67 bits per heavy atom. The van der Waals surface area contributed by atoms with E-state index in [0.717, 1.165) is 79.3 Å². The maximum Gasteiger partial charge on any atom is 0.255 e. The largest absolute Gasteiger partial charge is 0.371 e. The number of benzene rings is 3. The zero-order valence-electron chi connectivity index (χ0n) is 35.9. The van der Waals surface area contributed by atoms with Crippen LogP contribution in [0.4, 0.5) is 23.2 Å². The Bertz CT molecular complexity index is 2390. The monoisotopic (exact) mass is 869 g/mol. The fourth-order valence-electron chi connectivity index (χ4n) is 11.1.